The number of fused-ring (bicyclic) bond motifs is 1. The van der Waals surface area contributed by atoms with Crippen LogP contribution >= 0.6 is 15.9 Å². The van der Waals surface area contributed by atoms with Crippen LogP contribution in [0.1, 0.15) is 28.3 Å². The number of hydrogen-bond acceptors (Lipinski definition) is 6. The normalized spacial score (nSPS) is 15.1. The molecule has 0 amide bonds. The summed E-state index contributed by atoms with van der Waals surface area (Å²) in [6.07, 6.45) is 0. The minimum absolute atomic E-state index is 0.00743. The first kappa shape index (κ1) is 20.8. The number of allylic oxidation sites excluding steroid dienone is 1. The molecule has 0 radical (unpaired) electrons. The highest BCUT2D eigenvalue weighted by Gasteiger charge is 2.35. The summed E-state index contributed by atoms with van der Waals surface area (Å²) < 4.78 is 31.0. The number of aromatic amines is 1. The fraction of sp³-hybridized carbons (Fsp3) is 0.182. The van der Waals surface area contributed by atoms with E-state index in [2.05, 4.69) is 32.2 Å². The van der Waals surface area contributed by atoms with E-state index in [0.717, 1.165) is 16.8 Å². The molecule has 0 aliphatic carbocycles. The second-order valence-electron chi connectivity index (χ2n) is 6.94. The van der Waals surface area contributed by atoms with E-state index >= 15 is 0 Å². The summed E-state index contributed by atoms with van der Waals surface area (Å²) in [6.45, 7) is 2.01. The van der Waals surface area contributed by atoms with E-state index in [1.165, 1.54) is 19.2 Å². The average molecular weight is 485 g/mol. The van der Waals surface area contributed by atoms with Gasteiger partial charge in [0.2, 0.25) is 11.8 Å². The molecule has 0 unspecified atom stereocenters. The Hall–Kier alpha value is -3.51. The molecule has 1 aromatic heterocycles. The second-order valence-corrected chi connectivity index (χ2v) is 7.80. The Balaban J connectivity index is 1.74. The van der Waals surface area contributed by atoms with Gasteiger partial charge in [-0.15, -0.1) is 5.10 Å². The molecule has 31 heavy (non-hydrogen) atoms. The van der Waals surface area contributed by atoms with Crippen LogP contribution in [0.25, 0.3) is 0 Å². The van der Waals surface area contributed by atoms with Gasteiger partial charge in [0.25, 0.3) is 0 Å². The molecule has 0 fully saturated rings. The summed E-state index contributed by atoms with van der Waals surface area (Å²) >= 11 is 3.54. The topological polar surface area (TPSA) is 106 Å². The summed E-state index contributed by atoms with van der Waals surface area (Å²) in [5, 5.41) is 16.7. The Morgan fingerprint density at radius 1 is 1.35 bits per heavy atom. The Morgan fingerprint density at radius 3 is 2.87 bits per heavy atom. The minimum Gasteiger partial charge on any atom is -0.493 e. The highest BCUT2D eigenvalue weighted by Crippen LogP contribution is 2.46. The molecule has 0 saturated heterocycles. The molecular formula is C22H18BrFN4O3. The fourth-order valence-corrected chi connectivity index (χ4v) is 4.13. The van der Waals surface area contributed by atoms with Gasteiger partial charge in [-0.25, -0.2) is 4.39 Å². The van der Waals surface area contributed by atoms with Crippen LogP contribution in [0, 0.1) is 24.1 Å². The highest BCUT2D eigenvalue weighted by molar-refractivity contribution is 9.10. The zero-order valence-corrected chi connectivity index (χ0v) is 18.3. The summed E-state index contributed by atoms with van der Waals surface area (Å²) in [4.78, 5) is 0. The maximum Gasteiger partial charge on any atom is 0.244 e. The van der Waals surface area contributed by atoms with Crippen molar-refractivity contribution in [3.63, 3.8) is 0 Å². The number of benzene rings is 2. The second kappa shape index (κ2) is 8.32. The molecule has 0 saturated carbocycles. The first-order chi connectivity index (χ1) is 14.9. The number of ether oxygens (including phenoxy) is 3. The van der Waals surface area contributed by atoms with Crippen molar-refractivity contribution in [2.75, 3.05) is 7.11 Å². The van der Waals surface area contributed by atoms with Crippen LogP contribution in [0.4, 0.5) is 4.39 Å². The molecule has 3 aromatic rings. The van der Waals surface area contributed by atoms with Gasteiger partial charge < -0.3 is 19.9 Å². The molecule has 0 bridgehead atoms. The zero-order chi connectivity index (χ0) is 22.1. The van der Waals surface area contributed by atoms with E-state index in [-0.39, 0.29) is 23.9 Å². The smallest absolute Gasteiger partial charge is 0.244 e. The first-order valence-electron chi connectivity index (χ1n) is 9.30. The molecule has 3 N–H and O–H groups in total. The number of aromatic nitrogens is 2. The monoisotopic (exact) mass is 484 g/mol. The number of methoxy groups -OCH3 is 1. The Labute approximate surface area is 186 Å². The highest BCUT2D eigenvalue weighted by atomic mass is 79.9. The minimum atomic E-state index is -0.491. The van der Waals surface area contributed by atoms with E-state index < -0.39 is 5.92 Å². The molecule has 1 atom stereocenters. The van der Waals surface area contributed by atoms with Gasteiger partial charge in [0.05, 0.1) is 17.5 Å². The first-order valence-corrected chi connectivity index (χ1v) is 10.1. The summed E-state index contributed by atoms with van der Waals surface area (Å²) in [5.74, 6) is 0.429. The molecule has 158 valence electrons. The predicted octanol–water partition coefficient (Wildman–Crippen LogP) is 4.43. The molecule has 1 aliphatic rings. The molecule has 4 rings (SSSR count). The molecular weight excluding hydrogens is 467 g/mol. The van der Waals surface area contributed by atoms with Crippen molar-refractivity contribution in [3.8, 4) is 23.4 Å². The van der Waals surface area contributed by atoms with Crippen molar-refractivity contribution < 1.29 is 18.6 Å². The van der Waals surface area contributed by atoms with E-state index in [0.29, 0.717) is 27.4 Å². The maximum atomic E-state index is 13.5. The van der Waals surface area contributed by atoms with Crippen LogP contribution in [-0.4, -0.2) is 17.3 Å². The number of nitriles is 1. The number of hydrogen-bond donors (Lipinski definition) is 2. The predicted molar refractivity (Wildman–Crippen MR) is 114 cm³/mol. The van der Waals surface area contributed by atoms with Gasteiger partial charge in [-0.05, 0) is 58.2 Å². The number of nitrogens with two attached hydrogens (primary N) is 1. The van der Waals surface area contributed by atoms with Crippen LogP contribution in [0.5, 0.6) is 17.4 Å². The fourth-order valence-electron chi connectivity index (χ4n) is 3.56. The van der Waals surface area contributed by atoms with Crippen LogP contribution in [-0.2, 0) is 6.61 Å². The lowest BCUT2D eigenvalue weighted by Gasteiger charge is -2.25. The number of H-pyrrole nitrogens is 1. The third-order valence-corrected chi connectivity index (χ3v) is 5.58. The van der Waals surface area contributed by atoms with Crippen molar-refractivity contribution in [1.29, 1.82) is 5.26 Å². The van der Waals surface area contributed by atoms with Crippen LogP contribution in [0.3, 0.4) is 0 Å². The van der Waals surface area contributed by atoms with Gasteiger partial charge in [-0.1, -0.05) is 12.1 Å². The number of halogens is 2. The van der Waals surface area contributed by atoms with Gasteiger partial charge in [-0.3, -0.25) is 5.10 Å². The van der Waals surface area contributed by atoms with Crippen LogP contribution < -0.4 is 19.9 Å². The third kappa shape index (κ3) is 3.82. The molecule has 1 aliphatic heterocycles. The average Bonchev–Trinajstić information content (AvgIpc) is 3.11. The van der Waals surface area contributed by atoms with Crippen molar-refractivity contribution >= 4 is 15.9 Å². The van der Waals surface area contributed by atoms with Gasteiger partial charge in [0, 0.05) is 11.3 Å². The number of rotatable bonds is 5. The van der Waals surface area contributed by atoms with Crippen LogP contribution in [0.2, 0.25) is 0 Å². The van der Waals surface area contributed by atoms with Crippen molar-refractivity contribution in [2.24, 2.45) is 5.73 Å². The number of nitrogens with zero attached hydrogens (tertiary/aromatic N) is 2. The lowest BCUT2D eigenvalue weighted by atomic mass is 9.84. The van der Waals surface area contributed by atoms with Gasteiger partial charge in [0.1, 0.15) is 24.1 Å². The Bertz CT molecular complexity index is 1230. The van der Waals surface area contributed by atoms with Crippen molar-refractivity contribution in [1.82, 2.24) is 10.2 Å². The standard InChI is InChI=1S/C22H18BrFN4O3/c1-11-18-19(15(9-25)21(26)31-22(18)28-27-11)13-7-16(23)20(17(8-13)29-2)30-10-12-4-3-5-14(24)6-12/h3-8,19H,10,26H2,1-2H3,(H,27,28)/t19-/m1/s1. The zero-order valence-electron chi connectivity index (χ0n) is 16.7. The third-order valence-electron chi connectivity index (χ3n) is 4.99. The van der Waals surface area contributed by atoms with Gasteiger partial charge in [-0.2, -0.15) is 5.26 Å². The van der Waals surface area contributed by atoms with E-state index in [4.69, 9.17) is 19.9 Å². The molecule has 9 heteroatoms. The number of nitrogens with one attached hydrogen (secondary N) is 1. The lowest BCUT2D eigenvalue weighted by molar-refractivity contribution is 0.282. The van der Waals surface area contributed by atoms with Crippen LogP contribution in [0.15, 0.2) is 52.3 Å². The van der Waals surface area contributed by atoms with E-state index in [1.54, 1.807) is 18.2 Å². The molecule has 2 aromatic carbocycles. The molecule has 7 nitrogen and oxygen atoms in total. The Morgan fingerprint density at radius 2 is 2.16 bits per heavy atom. The maximum absolute atomic E-state index is 13.5. The largest absolute Gasteiger partial charge is 0.493 e. The molecule has 2 heterocycles. The molecule has 0 spiro atoms. The van der Waals surface area contributed by atoms with Gasteiger partial charge >= 0.3 is 0 Å². The summed E-state index contributed by atoms with van der Waals surface area (Å²) in [7, 11) is 1.52. The summed E-state index contributed by atoms with van der Waals surface area (Å²) in [5.41, 5.74) is 9.19. The van der Waals surface area contributed by atoms with Crippen molar-refractivity contribution in [3.05, 3.63) is 80.5 Å². The van der Waals surface area contributed by atoms with E-state index in [9.17, 15) is 9.65 Å². The quantitative estimate of drug-likeness (QED) is 0.554. The van der Waals surface area contributed by atoms with Crippen molar-refractivity contribution in [2.45, 2.75) is 19.4 Å². The summed E-state index contributed by atoms with van der Waals surface area (Å²) in [6, 6.07) is 11.9. The van der Waals surface area contributed by atoms with Gasteiger partial charge in [0.15, 0.2) is 11.5 Å². The van der Waals surface area contributed by atoms with E-state index in [1.807, 2.05) is 13.0 Å². The number of aryl methyl sites for hydroxylation is 1. The lowest BCUT2D eigenvalue weighted by Crippen LogP contribution is -2.21. The Kier molecular flexibility index (Phi) is 5.57. The SMILES string of the molecule is COc1cc([C@@H]2C(C#N)=C(N)Oc3n[nH]c(C)c32)cc(Br)c1OCc1cccc(F)c1.